The van der Waals surface area contributed by atoms with Gasteiger partial charge in [0.05, 0.1) is 10.6 Å². The molecule has 148 valence electrons. The van der Waals surface area contributed by atoms with E-state index in [4.69, 9.17) is 11.6 Å². The fourth-order valence-electron chi connectivity index (χ4n) is 2.75. The fourth-order valence-corrected chi connectivity index (χ4v) is 4.28. The van der Waals surface area contributed by atoms with Crippen LogP contribution in [0.4, 0.5) is 5.82 Å². The standard InChI is InChI=1S/C18H21ClN6O2S/c1-12-9-13(2)25(24-12)18-10-17(21-11-22-18)20-7-8-23-28(26,27)16-6-4-5-15(19)14(16)3/h4-6,9-11,23H,7-8H2,1-3H3,(H,20,21,22). The predicted molar refractivity (Wildman–Crippen MR) is 108 cm³/mol. The molecule has 2 N–H and O–H groups in total. The highest BCUT2D eigenvalue weighted by atomic mass is 35.5. The molecule has 10 heteroatoms. The van der Waals surface area contributed by atoms with Gasteiger partial charge in [-0.15, -0.1) is 0 Å². The van der Waals surface area contributed by atoms with Crippen molar-refractivity contribution in [2.24, 2.45) is 0 Å². The number of aromatic nitrogens is 4. The van der Waals surface area contributed by atoms with Crippen LogP contribution in [0.3, 0.4) is 0 Å². The maximum Gasteiger partial charge on any atom is 0.240 e. The largest absolute Gasteiger partial charge is 0.369 e. The van der Waals surface area contributed by atoms with Crippen LogP contribution in [-0.4, -0.2) is 41.3 Å². The Bertz CT molecular complexity index is 1100. The molecular formula is C18H21ClN6O2S. The molecule has 28 heavy (non-hydrogen) atoms. The quantitative estimate of drug-likeness (QED) is 0.570. The first-order valence-electron chi connectivity index (χ1n) is 8.62. The smallest absolute Gasteiger partial charge is 0.240 e. The molecule has 0 aliphatic rings. The Balaban J connectivity index is 1.62. The summed E-state index contributed by atoms with van der Waals surface area (Å²) in [5, 5.41) is 7.90. The second kappa shape index (κ2) is 8.26. The van der Waals surface area contributed by atoms with E-state index in [1.807, 2.05) is 19.9 Å². The molecule has 2 aromatic heterocycles. The highest BCUT2D eigenvalue weighted by Crippen LogP contribution is 2.22. The van der Waals surface area contributed by atoms with Gasteiger partial charge < -0.3 is 5.32 Å². The molecule has 0 aliphatic heterocycles. The van der Waals surface area contributed by atoms with Gasteiger partial charge in [-0.25, -0.2) is 27.8 Å². The van der Waals surface area contributed by atoms with Crippen LogP contribution >= 0.6 is 11.6 Å². The summed E-state index contributed by atoms with van der Waals surface area (Å²) in [5.74, 6) is 1.22. The minimum Gasteiger partial charge on any atom is -0.369 e. The summed E-state index contributed by atoms with van der Waals surface area (Å²) in [6.45, 7) is 6.08. The van der Waals surface area contributed by atoms with E-state index in [0.29, 0.717) is 28.8 Å². The first-order chi connectivity index (χ1) is 13.3. The SMILES string of the molecule is Cc1cc(C)n(-c2cc(NCCNS(=O)(=O)c3cccc(Cl)c3C)ncn2)n1. The summed E-state index contributed by atoms with van der Waals surface area (Å²) in [7, 11) is -3.64. The molecule has 0 radical (unpaired) electrons. The van der Waals surface area contributed by atoms with E-state index in [0.717, 1.165) is 11.4 Å². The minimum atomic E-state index is -3.64. The maximum absolute atomic E-state index is 12.5. The van der Waals surface area contributed by atoms with Crippen molar-refractivity contribution in [2.75, 3.05) is 18.4 Å². The van der Waals surface area contributed by atoms with E-state index in [-0.39, 0.29) is 11.4 Å². The molecular weight excluding hydrogens is 400 g/mol. The van der Waals surface area contributed by atoms with Gasteiger partial charge in [0.2, 0.25) is 10.0 Å². The van der Waals surface area contributed by atoms with Gasteiger partial charge in [-0.2, -0.15) is 5.10 Å². The van der Waals surface area contributed by atoms with Crippen LogP contribution < -0.4 is 10.0 Å². The van der Waals surface area contributed by atoms with E-state index in [1.165, 1.54) is 12.4 Å². The van der Waals surface area contributed by atoms with Crippen LogP contribution in [0.25, 0.3) is 5.82 Å². The van der Waals surface area contributed by atoms with Gasteiger partial charge in [-0.1, -0.05) is 17.7 Å². The van der Waals surface area contributed by atoms with E-state index in [9.17, 15) is 8.42 Å². The second-order valence-corrected chi connectivity index (χ2v) is 8.43. The molecule has 2 heterocycles. The van der Waals surface area contributed by atoms with Gasteiger partial charge >= 0.3 is 0 Å². The van der Waals surface area contributed by atoms with Crippen molar-refractivity contribution in [2.45, 2.75) is 25.7 Å². The number of sulfonamides is 1. The molecule has 0 amide bonds. The number of benzene rings is 1. The number of halogens is 1. The molecule has 8 nitrogen and oxygen atoms in total. The molecule has 0 bridgehead atoms. The lowest BCUT2D eigenvalue weighted by atomic mass is 10.2. The number of nitrogens with one attached hydrogen (secondary N) is 2. The van der Waals surface area contributed by atoms with Crippen LogP contribution in [0, 0.1) is 20.8 Å². The zero-order valence-corrected chi connectivity index (χ0v) is 17.3. The summed E-state index contributed by atoms with van der Waals surface area (Å²) >= 11 is 6.01. The Kier molecular flexibility index (Phi) is 5.97. The van der Waals surface area contributed by atoms with Gasteiger partial charge in [0.25, 0.3) is 0 Å². The van der Waals surface area contributed by atoms with E-state index < -0.39 is 10.0 Å². The average Bonchev–Trinajstić information content (AvgIpc) is 2.99. The van der Waals surface area contributed by atoms with E-state index in [2.05, 4.69) is 25.1 Å². The molecule has 0 fully saturated rings. The van der Waals surface area contributed by atoms with Crippen LogP contribution in [0.2, 0.25) is 5.02 Å². The molecule has 3 aromatic rings. The molecule has 1 aromatic carbocycles. The van der Waals surface area contributed by atoms with Crippen molar-refractivity contribution in [1.82, 2.24) is 24.5 Å². The van der Waals surface area contributed by atoms with Crippen molar-refractivity contribution >= 4 is 27.4 Å². The fraction of sp³-hybridized carbons (Fsp3) is 0.278. The van der Waals surface area contributed by atoms with Gasteiger partial charge in [0.1, 0.15) is 12.1 Å². The zero-order valence-electron chi connectivity index (χ0n) is 15.8. The number of rotatable bonds is 7. The summed E-state index contributed by atoms with van der Waals surface area (Å²) in [6, 6.07) is 8.52. The van der Waals surface area contributed by atoms with Crippen LogP contribution in [0.1, 0.15) is 17.0 Å². The number of nitrogens with zero attached hydrogens (tertiary/aromatic N) is 4. The molecule has 0 aliphatic carbocycles. The van der Waals surface area contributed by atoms with Crippen molar-refractivity contribution in [3.05, 3.63) is 58.6 Å². The Hall–Kier alpha value is -2.49. The third-order valence-electron chi connectivity index (χ3n) is 4.11. The van der Waals surface area contributed by atoms with Crippen LogP contribution in [0.5, 0.6) is 0 Å². The summed E-state index contributed by atoms with van der Waals surface area (Å²) in [6.07, 6.45) is 1.44. The Morgan fingerprint density at radius 2 is 1.89 bits per heavy atom. The van der Waals surface area contributed by atoms with E-state index in [1.54, 1.807) is 29.8 Å². The molecule has 0 saturated heterocycles. The van der Waals surface area contributed by atoms with Gasteiger partial charge in [0, 0.05) is 29.9 Å². The Morgan fingerprint density at radius 3 is 2.61 bits per heavy atom. The topological polar surface area (TPSA) is 102 Å². The van der Waals surface area contributed by atoms with E-state index >= 15 is 0 Å². The van der Waals surface area contributed by atoms with Crippen molar-refractivity contribution in [1.29, 1.82) is 0 Å². The van der Waals surface area contributed by atoms with Gasteiger partial charge in [-0.05, 0) is 44.5 Å². The van der Waals surface area contributed by atoms with Crippen LogP contribution in [0.15, 0.2) is 41.6 Å². The first kappa shape index (κ1) is 20.2. The minimum absolute atomic E-state index is 0.175. The van der Waals surface area contributed by atoms with Crippen molar-refractivity contribution < 1.29 is 8.42 Å². The molecule has 3 rings (SSSR count). The number of aryl methyl sites for hydroxylation is 2. The van der Waals surface area contributed by atoms with Gasteiger partial charge in [-0.3, -0.25) is 0 Å². The zero-order chi connectivity index (χ0) is 20.3. The van der Waals surface area contributed by atoms with Crippen molar-refractivity contribution in [3.63, 3.8) is 0 Å². The lowest BCUT2D eigenvalue weighted by Gasteiger charge is -2.11. The third kappa shape index (κ3) is 4.49. The lowest BCUT2D eigenvalue weighted by molar-refractivity contribution is 0.582. The molecule has 0 saturated carbocycles. The highest BCUT2D eigenvalue weighted by Gasteiger charge is 2.17. The van der Waals surface area contributed by atoms with Crippen molar-refractivity contribution in [3.8, 4) is 5.82 Å². The highest BCUT2D eigenvalue weighted by molar-refractivity contribution is 7.89. The third-order valence-corrected chi connectivity index (χ3v) is 6.12. The Morgan fingerprint density at radius 1 is 1.11 bits per heavy atom. The predicted octanol–water partition coefficient (Wildman–Crippen LogP) is 2.63. The molecule has 0 spiro atoms. The number of hydrogen-bond acceptors (Lipinski definition) is 6. The average molecular weight is 421 g/mol. The number of anilines is 1. The molecule has 0 atom stereocenters. The normalized spacial score (nSPS) is 11.6. The first-order valence-corrected chi connectivity index (χ1v) is 10.5. The maximum atomic E-state index is 12.5. The van der Waals surface area contributed by atoms with Crippen LogP contribution in [-0.2, 0) is 10.0 Å². The number of hydrogen-bond donors (Lipinski definition) is 2. The monoisotopic (exact) mass is 420 g/mol. The van der Waals surface area contributed by atoms with Gasteiger partial charge in [0.15, 0.2) is 5.82 Å². The summed E-state index contributed by atoms with van der Waals surface area (Å²) in [4.78, 5) is 8.57. The second-order valence-electron chi connectivity index (χ2n) is 6.29. The lowest BCUT2D eigenvalue weighted by Crippen LogP contribution is -2.29. The molecule has 0 unspecified atom stereocenters. The Labute approximate surface area is 169 Å². The summed E-state index contributed by atoms with van der Waals surface area (Å²) in [5.41, 5.74) is 2.39. The summed E-state index contributed by atoms with van der Waals surface area (Å²) < 4.78 is 29.2.